The van der Waals surface area contributed by atoms with Gasteiger partial charge in [0.05, 0.1) is 5.92 Å². The van der Waals surface area contributed by atoms with E-state index >= 15 is 0 Å². The zero-order valence-electron chi connectivity index (χ0n) is 11.9. The molecule has 2 rings (SSSR count). The van der Waals surface area contributed by atoms with Gasteiger partial charge in [0.1, 0.15) is 0 Å². The van der Waals surface area contributed by atoms with Gasteiger partial charge >= 0.3 is 13.1 Å². The normalized spacial score (nSPS) is 17.2. The van der Waals surface area contributed by atoms with E-state index in [2.05, 4.69) is 4.90 Å². The summed E-state index contributed by atoms with van der Waals surface area (Å²) in [5.74, 6) is 0.432. The fourth-order valence-electron chi connectivity index (χ4n) is 2.53. The second-order valence-electron chi connectivity index (χ2n) is 5.40. The topological polar surface area (TPSA) is 81.0 Å². The lowest BCUT2D eigenvalue weighted by atomic mass is 9.90. The molecule has 0 spiro atoms. The van der Waals surface area contributed by atoms with Crippen LogP contribution in [0.15, 0.2) is 30.2 Å². The lowest BCUT2D eigenvalue weighted by Gasteiger charge is -2.30. The maximum atomic E-state index is 10.9. The Morgan fingerprint density at radius 2 is 1.86 bits per heavy atom. The summed E-state index contributed by atoms with van der Waals surface area (Å²) in [7, 11) is -1.43. The first-order valence-electron chi connectivity index (χ1n) is 7.13. The molecule has 21 heavy (non-hydrogen) atoms. The highest BCUT2D eigenvalue weighted by atomic mass is 16.4. The molecule has 112 valence electrons. The third-order valence-corrected chi connectivity index (χ3v) is 3.78. The SMILES string of the molecule is O=C(O)C1CCN(Cc2ccc(/C=C/B(O)O)cc2)CC1. The molecular weight excluding hydrogens is 269 g/mol. The van der Waals surface area contributed by atoms with E-state index in [9.17, 15) is 4.79 Å². The molecule has 0 radical (unpaired) electrons. The predicted molar refractivity (Wildman–Crippen MR) is 81.3 cm³/mol. The molecule has 0 amide bonds. The highest BCUT2D eigenvalue weighted by Gasteiger charge is 2.24. The Hall–Kier alpha value is -1.63. The Labute approximate surface area is 124 Å². The summed E-state index contributed by atoms with van der Waals surface area (Å²) in [6.07, 6.45) is 3.09. The van der Waals surface area contributed by atoms with Crippen molar-refractivity contribution in [1.29, 1.82) is 0 Å². The van der Waals surface area contributed by atoms with Crippen LogP contribution in [0.5, 0.6) is 0 Å². The highest BCUT2D eigenvalue weighted by Crippen LogP contribution is 2.19. The number of carboxylic acids is 1. The number of carboxylic acid groups (broad SMARTS) is 1. The van der Waals surface area contributed by atoms with Gasteiger partial charge in [0.2, 0.25) is 0 Å². The predicted octanol–water partition coefficient (Wildman–Crippen LogP) is 1.01. The fourth-order valence-corrected chi connectivity index (χ4v) is 2.53. The van der Waals surface area contributed by atoms with Crippen LogP contribution < -0.4 is 0 Å². The van der Waals surface area contributed by atoms with Crippen molar-refractivity contribution in [3.63, 3.8) is 0 Å². The molecule has 0 bridgehead atoms. The number of piperidine rings is 1. The Bertz CT molecular complexity index is 493. The van der Waals surface area contributed by atoms with Gasteiger partial charge in [0.25, 0.3) is 0 Å². The molecule has 1 saturated heterocycles. The molecule has 3 N–H and O–H groups in total. The average Bonchev–Trinajstić information content (AvgIpc) is 2.47. The van der Waals surface area contributed by atoms with Crippen LogP contribution in [-0.4, -0.2) is 46.2 Å². The van der Waals surface area contributed by atoms with Crippen LogP contribution in [0.2, 0.25) is 0 Å². The summed E-state index contributed by atoms with van der Waals surface area (Å²) in [5, 5.41) is 26.5. The molecule has 0 unspecified atom stereocenters. The average molecular weight is 289 g/mol. The van der Waals surface area contributed by atoms with Gasteiger partial charge in [-0.1, -0.05) is 36.3 Å². The molecule has 0 atom stereocenters. The summed E-state index contributed by atoms with van der Waals surface area (Å²) >= 11 is 0. The number of rotatable bonds is 5. The fraction of sp³-hybridized carbons (Fsp3) is 0.400. The number of aliphatic carboxylic acids is 1. The number of benzene rings is 1. The summed E-state index contributed by atoms with van der Waals surface area (Å²) in [4.78, 5) is 13.2. The van der Waals surface area contributed by atoms with Crippen LogP contribution >= 0.6 is 0 Å². The Morgan fingerprint density at radius 3 is 2.38 bits per heavy atom. The first-order valence-corrected chi connectivity index (χ1v) is 7.13. The van der Waals surface area contributed by atoms with Crippen molar-refractivity contribution in [3.8, 4) is 0 Å². The summed E-state index contributed by atoms with van der Waals surface area (Å²) < 4.78 is 0. The van der Waals surface area contributed by atoms with Crippen LogP contribution in [0.25, 0.3) is 6.08 Å². The molecule has 6 heteroatoms. The van der Waals surface area contributed by atoms with E-state index in [0.29, 0.717) is 12.8 Å². The minimum atomic E-state index is -1.43. The molecule has 0 aliphatic carbocycles. The summed E-state index contributed by atoms with van der Waals surface area (Å²) in [6, 6.07) is 7.87. The van der Waals surface area contributed by atoms with E-state index in [1.807, 2.05) is 24.3 Å². The summed E-state index contributed by atoms with van der Waals surface area (Å²) in [5.41, 5.74) is 2.09. The van der Waals surface area contributed by atoms with E-state index in [4.69, 9.17) is 15.2 Å². The lowest BCUT2D eigenvalue weighted by molar-refractivity contribution is -0.143. The van der Waals surface area contributed by atoms with Crippen LogP contribution in [0.1, 0.15) is 24.0 Å². The molecular formula is C15H20BNO4. The third kappa shape index (κ3) is 5.01. The quantitative estimate of drug-likeness (QED) is 0.705. The standard InChI is InChI=1S/C15H20BNO4/c18-15(19)14-6-9-17(10-7-14)11-13-3-1-12(2-4-13)5-8-16(20)21/h1-5,8,14,20-21H,6-7,9-11H2,(H,18,19)/b8-5+. The van der Waals surface area contributed by atoms with E-state index in [-0.39, 0.29) is 5.92 Å². The molecule has 1 aromatic carbocycles. The second kappa shape index (κ2) is 7.40. The smallest absolute Gasteiger partial charge is 0.480 e. The van der Waals surface area contributed by atoms with Gasteiger partial charge in [-0.2, -0.15) is 0 Å². The van der Waals surface area contributed by atoms with Crippen LogP contribution in [0.4, 0.5) is 0 Å². The van der Waals surface area contributed by atoms with Crippen LogP contribution in [-0.2, 0) is 11.3 Å². The highest BCUT2D eigenvalue weighted by molar-refractivity contribution is 6.48. The maximum absolute atomic E-state index is 10.9. The molecule has 1 heterocycles. The Morgan fingerprint density at radius 1 is 1.24 bits per heavy atom. The maximum Gasteiger partial charge on any atom is 0.480 e. The molecule has 1 aliphatic rings. The van der Waals surface area contributed by atoms with Crippen molar-refractivity contribution in [2.45, 2.75) is 19.4 Å². The van der Waals surface area contributed by atoms with Crippen molar-refractivity contribution in [2.75, 3.05) is 13.1 Å². The largest absolute Gasteiger partial charge is 0.481 e. The molecule has 5 nitrogen and oxygen atoms in total. The van der Waals surface area contributed by atoms with Gasteiger partial charge in [0.15, 0.2) is 0 Å². The molecule has 0 saturated carbocycles. The van der Waals surface area contributed by atoms with Gasteiger partial charge < -0.3 is 15.2 Å². The van der Waals surface area contributed by atoms with E-state index < -0.39 is 13.1 Å². The van der Waals surface area contributed by atoms with Gasteiger partial charge in [-0.25, -0.2) is 0 Å². The van der Waals surface area contributed by atoms with E-state index in [0.717, 1.165) is 25.2 Å². The number of hydrogen-bond acceptors (Lipinski definition) is 4. The van der Waals surface area contributed by atoms with E-state index in [1.165, 1.54) is 11.5 Å². The van der Waals surface area contributed by atoms with Gasteiger partial charge in [0, 0.05) is 6.54 Å². The summed E-state index contributed by atoms with van der Waals surface area (Å²) in [6.45, 7) is 2.45. The number of carbonyl (C=O) groups is 1. The third-order valence-electron chi connectivity index (χ3n) is 3.78. The molecule has 1 aliphatic heterocycles. The van der Waals surface area contributed by atoms with Crippen LogP contribution in [0.3, 0.4) is 0 Å². The Kier molecular flexibility index (Phi) is 5.55. The number of likely N-dealkylation sites (tertiary alicyclic amines) is 1. The minimum Gasteiger partial charge on any atom is -0.481 e. The first kappa shape index (κ1) is 15.8. The van der Waals surface area contributed by atoms with Crippen molar-refractivity contribution in [1.82, 2.24) is 4.90 Å². The molecule has 1 aromatic rings. The Balaban J connectivity index is 1.85. The van der Waals surface area contributed by atoms with E-state index in [1.54, 1.807) is 6.08 Å². The monoisotopic (exact) mass is 289 g/mol. The first-order chi connectivity index (χ1) is 10.0. The van der Waals surface area contributed by atoms with Crippen molar-refractivity contribution < 1.29 is 19.9 Å². The molecule has 1 fully saturated rings. The van der Waals surface area contributed by atoms with Gasteiger partial charge in [-0.3, -0.25) is 9.69 Å². The zero-order chi connectivity index (χ0) is 15.2. The zero-order valence-corrected chi connectivity index (χ0v) is 11.9. The van der Waals surface area contributed by atoms with Crippen LogP contribution in [0, 0.1) is 5.92 Å². The second-order valence-corrected chi connectivity index (χ2v) is 5.40. The molecule has 0 aromatic heterocycles. The van der Waals surface area contributed by atoms with Crippen molar-refractivity contribution in [3.05, 3.63) is 41.4 Å². The lowest BCUT2D eigenvalue weighted by Crippen LogP contribution is -2.35. The number of nitrogens with zero attached hydrogens (tertiary/aromatic N) is 1. The minimum absolute atomic E-state index is 0.196. The number of hydrogen-bond donors (Lipinski definition) is 3. The van der Waals surface area contributed by atoms with Crippen molar-refractivity contribution >= 4 is 19.2 Å². The van der Waals surface area contributed by atoms with Gasteiger partial charge in [-0.05, 0) is 37.1 Å². The van der Waals surface area contributed by atoms with Crippen molar-refractivity contribution in [2.24, 2.45) is 5.92 Å². The van der Waals surface area contributed by atoms with Gasteiger partial charge in [-0.15, -0.1) is 0 Å².